The van der Waals surface area contributed by atoms with E-state index < -0.39 is 0 Å². The Morgan fingerprint density at radius 2 is 1.85 bits per heavy atom. The Labute approximate surface area is 127 Å². The summed E-state index contributed by atoms with van der Waals surface area (Å²) in [5.74, 6) is 0. The molecular formula is C15H20N2OS2. The van der Waals surface area contributed by atoms with Crippen molar-refractivity contribution in [3.63, 3.8) is 0 Å². The molecule has 0 N–H and O–H groups in total. The van der Waals surface area contributed by atoms with Crippen molar-refractivity contribution in [3.05, 3.63) is 20.0 Å². The van der Waals surface area contributed by atoms with Crippen LogP contribution in [-0.2, 0) is 0 Å². The van der Waals surface area contributed by atoms with Crippen LogP contribution in [0, 0.1) is 13.8 Å². The molecule has 108 valence electrons. The Bertz CT molecular complexity index is 683. The SMILES string of the molecule is Cc1sc2nc(N(C)C3CCCCC3)sc(=O)c2c1C. The van der Waals surface area contributed by atoms with Crippen LogP contribution in [0.5, 0.6) is 0 Å². The molecule has 1 fully saturated rings. The van der Waals surface area contributed by atoms with E-state index in [4.69, 9.17) is 4.98 Å². The molecule has 3 rings (SSSR count). The van der Waals surface area contributed by atoms with Crippen LogP contribution < -0.4 is 9.64 Å². The molecule has 2 aromatic rings. The largest absolute Gasteiger partial charge is 0.348 e. The van der Waals surface area contributed by atoms with Gasteiger partial charge in [0.25, 0.3) is 0 Å². The lowest BCUT2D eigenvalue weighted by Crippen LogP contribution is -2.33. The highest BCUT2D eigenvalue weighted by Crippen LogP contribution is 2.31. The van der Waals surface area contributed by atoms with Gasteiger partial charge in [0.1, 0.15) is 4.83 Å². The van der Waals surface area contributed by atoms with Crippen LogP contribution in [0.25, 0.3) is 10.2 Å². The van der Waals surface area contributed by atoms with Crippen molar-refractivity contribution in [3.8, 4) is 0 Å². The van der Waals surface area contributed by atoms with Gasteiger partial charge in [0, 0.05) is 18.0 Å². The molecule has 0 aromatic carbocycles. The van der Waals surface area contributed by atoms with Gasteiger partial charge < -0.3 is 4.90 Å². The number of aromatic nitrogens is 1. The van der Waals surface area contributed by atoms with Gasteiger partial charge in [0.15, 0.2) is 5.13 Å². The second kappa shape index (κ2) is 5.45. The van der Waals surface area contributed by atoms with Crippen molar-refractivity contribution in [2.75, 3.05) is 11.9 Å². The molecule has 1 aliphatic carbocycles. The predicted molar refractivity (Wildman–Crippen MR) is 88.5 cm³/mol. The molecule has 1 saturated carbocycles. The van der Waals surface area contributed by atoms with E-state index in [1.807, 2.05) is 6.92 Å². The third kappa shape index (κ3) is 2.37. The lowest BCUT2D eigenvalue weighted by atomic mass is 9.95. The minimum absolute atomic E-state index is 0.162. The van der Waals surface area contributed by atoms with Crippen molar-refractivity contribution in [1.82, 2.24) is 4.98 Å². The number of fused-ring (bicyclic) bond motifs is 1. The maximum atomic E-state index is 12.4. The van der Waals surface area contributed by atoms with Crippen LogP contribution in [-0.4, -0.2) is 18.1 Å². The molecule has 3 nitrogen and oxygen atoms in total. The number of hydrogen-bond acceptors (Lipinski definition) is 5. The van der Waals surface area contributed by atoms with Crippen molar-refractivity contribution < 1.29 is 0 Å². The fraction of sp³-hybridized carbons (Fsp3) is 0.600. The van der Waals surface area contributed by atoms with Crippen LogP contribution >= 0.6 is 22.7 Å². The minimum Gasteiger partial charge on any atom is -0.348 e. The van der Waals surface area contributed by atoms with Gasteiger partial charge in [-0.3, -0.25) is 4.79 Å². The average Bonchev–Trinajstić information content (AvgIpc) is 2.74. The normalized spacial score (nSPS) is 16.8. The Kier molecular flexibility index (Phi) is 3.82. The Hall–Kier alpha value is -0.940. The van der Waals surface area contributed by atoms with Crippen molar-refractivity contribution in [1.29, 1.82) is 0 Å². The van der Waals surface area contributed by atoms with E-state index in [9.17, 15) is 4.79 Å². The van der Waals surface area contributed by atoms with E-state index in [2.05, 4.69) is 18.9 Å². The quantitative estimate of drug-likeness (QED) is 0.837. The maximum absolute atomic E-state index is 12.4. The molecule has 1 aliphatic rings. The zero-order chi connectivity index (χ0) is 14.3. The van der Waals surface area contributed by atoms with Crippen molar-refractivity contribution >= 4 is 38.0 Å². The van der Waals surface area contributed by atoms with Crippen LogP contribution in [0.2, 0.25) is 0 Å². The molecule has 0 bridgehead atoms. The maximum Gasteiger partial charge on any atom is 0.246 e. The number of hydrogen-bond donors (Lipinski definition) is 0. The molecule has 5 heteroatoms. The number of anilines is 1. The first-order chi connectivity index (χ1) is 9.58. The second-order valence-electron chi connectivity index (χ2n) is 5.65. The first-order valence-electron chi connectivity index (χ1n) is 7.21. The average molecular weight is 308 g/mol. The summed E-state index contributed by atoms with van der Waals surface area (Å²) >= 11 is 2.94. The lowest BCUT2D eigenvalue weighted by Gasteiger charge is -2.31. The molecule has 20 heavy (non-hydrogen) atoms. The van der Waals surface area contributed by atoms with E-state index in [0.29, 0.717) is 6.04 Å². The van der Waals surface area contributed by atoms with Gasteiger partial charge in [-0.25, -0.2) is 4.98 Å². The van der Waals surface area contributed by atoms with E-state index >= 15 is 0 Å². The van der Waals surface area contributed by atoms with E-state index in [1.54, 1.807) is 11.3 Å². The van der Waals surface area contributed by atoms with Crippen molar-refractivity contribution in [2.24, 2.45) is 0 Å². The van der Waals surface area contributed by atoms with Gasteiger partial charge in [-0.05, 0) is 32.3 Å². The summed E-state index contributed by atoms with van der Waals surface area (Å²) in [5.41, 5.74) is 1.10. The summed E-state index contributed by atoms with van der Waals surface area (Å²) < 4.78 is 0.162. The van der Waals surface area contributed by atoms with Crippen LogP contribution in [0.15, 0.2) is 4.79 Å². The fourth-order valence-corrected chi connectivity index (χ4v) is 5.04. The highest BCUT2D eigenvalue weighted by Gasteiger charge is 2.21. The van der Waals surface area contributed by atoms with Crippen LogP contribution in [0.4, 0.5) is 5.13 Å². The third-order valence-corrected chi connectivity index (χ3v) is 6.43. The topological polar surface area (TPSA) is 33.2 Å². The Balaban J connectivity index is 2.01. The molecule has 0 spiro atoms. The zero-order valence-corrected chi connectivity index (χ0v) is 13.9. The summed E-state index contributed by atoms with van der Waals surface area (Å²) in [6.45, 7) is 4.09. The molecule has 2 aromatic heterocycles. The van der Waals surface area contributed by atoms with Crippen LogP contribution in [0.1, 0.15) is 42.5 Å². The van der Waals surface area contributed by atoms with Gasteiger partial charge in [-0.15, -0.1) is 11.3 Å². The molecular weight excluding hydrogens is 288 g/mol. The lowest BCUT2D eigenvalue weighted by molar-refractivity contribution is 0.427. The molecule has 0 radical (unpaired) electrons. The number of aryl methyl sites for hydroxylation is 2. The molecule has 0 saturated heterocycles. The van der Waals surface area contributed by atoms with E-state index in [-0.39, 0.29) is 4.74 Å². The first kappa shape index (κ1) is 14.0. The van der Waals surface area contributed by atoms with Gasteiger partial charge in [0.2, 0.25) is 4.74 Å². The zero-order valence-electron chi connectivity index (χ0n) is 12.2. The smallest absolute Gasteiger partial charge is 0.246 e. The monoisotopic (exact) mass is 308 g/mol. The summed E-state index contributed by atoms with van der Waals surface area (Å²) in [7, 11) is 2.09. The fourth-order valence-electron chi connectivity index (χ4n) is 2.95. The van der Waals surface area contributed by atoms with Gasteiger partial charge in [-0.2, -0.15) is 0 Å². The van der Waals surface area contributed by atoms with Gasteiger partial charge >= 0.3 is 0 Å². The minimum atomic E-state index is 0.162. The number of thiophene rings is 1. The molecule has 0 amide bonds. The van der Waals surface area contributed by atoms with Gasteiger partial charge in [0.05, 0.1) is 5.39 Å². The molecule has 2 heterocycles. The highest BCUT2D eigenvalue weighted by molar-refractivity contribution is 7.20. The number of nitrogens with zero attached hydrogens (tertiary/aromatic N) is 2. The molecule has 0 atom stereocenters. The third-order valence-electron chi connectivity index (χ3n) is 4.38. The summed E-state index contributed by atoms with van der Waals surface area (Å²) in [4.78, 5) is 21.5. The summed E-state index contributed by atoms with van der Waals surface area (Å²) in [6.07, 6.45) is 6.38. The van der Waals surface area contributed by atoms with E-state index in [0.717, 1.165) is 20.9 Å². The summed E-state index contributed by atoms with van der Waals surface area (Å²) in [5, 5.41) is 1.72. The van der Waals surface area contributed by atoms with Crippen molar-refractivity contribution in [2.45, 2.75) is 52.0 Å². The standard InChI is InChI=1S/C15H20N2OS2/c1-9-10(2)19-13-12(9)14(18)20-15(16-13)17(3)11-7-5-4-6-8-11/h11H,4-8H2,1-3H3. The Morgan fingerprint density at radius 3 is 2.55 bits per heavy atom. The molecule has 0 aliphatic heterocycles. The van der Waals surface area contributed by atoms with Gasteiger partial charge in [-0.1, -0.05) is 30.6 Å². The van der Waals surface area contributed by atoms with E-state index in [1.165, 1.54) is 48.3 Å². The molecule has 0 unspecified atom stereocenters. The number of rotatable bonds is 2. The Morgan fingerprint density at radius 1 is 1.15 bits per heavy atom. The van der Waals surface area contributed by atoms with Crippen LogP contribution in [0.3, 0.4) is 0 Å². The second-order valence-corrected chi connectivity index (χ2v) is 7.79. The predicted octanol–water partition coefficient (Wildman–Crippen LogP) is 4.10. The summed E-state index contributed by atoms with van der Waals surface area (Å²) in [6, 6.07) is 0.548. The highest BCUT2D eigenvalue weighted by atomic mass is 32.1. The first-order valence-corrected chi connectivity index (χ1v) is 8.85.